The van der Waals surface area contributed by atoms with Gasteiger partial charge < -0.3 is 15.5 Å². The van der Waals surface area contributed by atoms with Crippen LogP contribution in [0.2, 0.25) is 0 Å². The summed E-state index contributed by atoms with van der Waals surface area (Å²) in [5, 5.41) is 7.60. The van der Waals surface area contributed by atoms with Crippen molar-refractivity contribution >= 4 is 23.1 Å². The zero-order chi connectivity index (χ0) is 14.1. The fourth-order valence-corrected chi connectivity index (χ4v) is 2.31. The summed E-state index contributed by atoms with van der Waals surface area (Å²) in [6.07, 6.45) is 0. The van der Waals surface area contributed by atoms with Crippen LogP contribution < -0.4 is 15.5 Å². The van der Waals surface area contributed by atoms with Gasteiger partial charge in [0.15, 0.2) is 5.69 Å². The van der Waals surface area contributed by atoms with E-state index in [4.69, 9.17) is 5.73 Å². The van der Waals surface area contributed by atoms with Gasteiger partial charge in [0.2, 0.25) is 0 Å². The minimum atomic E-state index is -0.155. The van der Waals surface area contributed by atoms with Crippen LogP contribution in [-0.2, 0) is 0 Å². The average molecular weight is 269 g/mol. The van der Waals surface area contributed by atoms with Gasteiger partial charge in [-0.1, -0.05) is 12.1 Å². The Hall–Kier alpha value is -2.63. The second-order valence-corrected chi connectivity index (χ2v) is 4.71. The van der Waals surface area contributed by atoms with E-state index in [0.29, 0.717) is 18.1 Å². The predicted octanol–water partition coefficient (Wildman–Crippen LogP) is 1.16. The van der Waals surface area contributed by atoms with Crippen LogP contribution in [0.1, 0.15) is 10.5 Å². The summed E-state index contributed by atoms with van der Waals surface area (Å²) in [6, 6.07) is 11.0. The quantitative estimate of drug-likeness (QED) is 0.840. The van der Waals surface area contributed by atoms with Crippen LogP contribution in [0, 0.1) is 0 Å². The van der Waals surface area contributed by atoms with E-state index < -0.39 is 0 Å². The molecule has 20 heavy (non-hydrogen) atoms. The van der Waals surface area contributed by atoms with Gasteiger partial charge in [-0.05, 0) is 24.3 Å². The second kappa shape index (κ2) is 4.80. The molecule has 0 atom stereocenters. The molecule has 1 amide bonds. The van der Waals surface area contributed by atoms with Gasteiger partial charge in [-0.3, -0.25) is 4.79 Å². The van der Waals surface area contributed by atoms with E-state index in [1.165, 1.54) is 0 Å². The number of hydrogen-bond acceptors (Lipinski definition) is 5. The molecule has 2 aromatic rings. The first-order chi connectivity index (χ1) is 9.66. The molecule has 102 valence electrons. The van der Waals surface area contributed by atoms with Crippen LogP contribution in [0.15, 0.2) is 36.4 Å². The average Bonchev–Trinajstić information content (AvgIpc) is 2.48. The number of aromatic nitrogens is 2. The number of nitrogens with zero attached hydrogens (tertiary/aromatic N) is 4. The van der Waals surface area contributed by atoms with Crippen molar-refractivity contribution in [3.8, 4) is 0 Å². The van der Waals surface area contributed by atoms with E-state index in [0.717, 1.165) is 17.9 Å². The van der Waals surface area contributed by atoms with E-state index >= 15 is 0 Å². The third-order valence-corrected chi connectivity index (χ3v) is 3.39. The summed E-state index contributed by atoms with van der Waals surface area (Å²) in [5.41, 5.74) is 7.73. The highest BCUT2D eigenvalue weighted by Gasteiger charge is 2.26. The van der Waals surface area contributed by atoms with Gasteiger partial charge >= 0.3 is 0 Å². The predicted molar refractivity (Wildman–Crippen MR) is 77.8 cm³/mol. The number of fused-ring (bicyclic) bond motifs is 1. The Bertz CT molecular complexity index is 640. The third kappa shape index (κ3) is 2.05. The highest BCUT2D eigenvalue weighted by Crippen LogP contribution is 2.32. The molecule has 2 heterocycles. The van der Waals surface area contributed by atoms with E-state index in [9.17, 15) is 4.79 Å². The van der Waals surface area contributed by atoms with Crippen LogP contribution in [0.5, 0.6) is 0 Å². The molecule has 1 aliphatic heterocycles. The van der Waals surface area contributed by atoms with Crippen LogP contribution in [0.4, 0.5) is 17.2 Å². The van der Waals surface area contributed by atoms with Crippen molar-refractivity contribution in [1.82, 2.24) is 10.2 Å². The first-order valence-electron chi connectivity index (χ1n) is 6.38. The lowest BCUT2D eigenvalue weighted by Crippen LogP contribution is -2.43. The Labute approximate surface area is 116 Å². The molecule has 3 rings (SSSR count). The number of nitrogen functional groups attached to an aromatic ring is 1. The molecule has 6 nitrogen and oxygen atoms in total. The van der Waals surface area contributed by atoms with Crippen molar-refractivity contribution in [3.63, 3.8) is 0 Å². The molecule has 2 N–H and O–H groups in total. The minimum Gasteiger partial charge on any atom is -0.382 e. The van der Waals surface area contributed by atoms with Gasteiger partial charge in [0, 0.05) is 20.1 Å². The fourth-order valence-electron chi connectivity index (χ4n) is 2.31. The Morgan fingerprint density at radius 2 is 1.85 bits per heavy atom. The van der Waals surface area contributed by atoms with E-state index in [2.05, 4.69) is 15.1 Å². The molecule has 6 heteroatoms. The van der Waals surface area contributed by atoms with Crippen molar-refractivity contribution in [2.45, 2.75) is 0 Å². The Kier molecular flexibility index (Phi) is 2.98. The molecule has 0 radical (unpaired) electrons. The number of likely N-dealkylation sites (N-methyl/N-ethyl adjacent to an activating group) is 1. The number of nitrogens with two attached hydrogens (primary N) is 1. The number of carbonyl (C=O) groups is 1. The van der Waals surface area contributed by atoms with Gasteiger partial charge in [-0.2, -0.15) is 0 Å². The standard InChI is InChI=1S/C14H15N5O/c1-18-8-9-19(12-5-3-2-4-11(12)18)14(20)10-6-7-13(15)17-16-10/h2-7H,8-9H2,1H3,(H2,15,17). The summed E-state index contributed by atoms with van der Waals surface area (Å²) in [6.45, 7) is 1.41. The maximum Gasteiger partial charge on any atom is 0.278 e. The summed E-state index contributed by atoms with van der Waals surface area (Å²) in [4.78, 5) is 16.4. The Morgan fingerprint density at radius 1 is 1.10 bits per heavy atom. The topological polar surface area (TPSA) is 75.3 Å². The first kappa shape index (κ1) is 12.4. The molecule has 0 bridgehead atoms. The first-order valence-corrected chi connectivity index (χ1v) is 6.38. The van der Waals surface area contributed by atoms with Gasteiger partial charge in [0.1, 0.15) is 5.82 Å². The van der Waals surface area contributed by atoms with Gasteiger partial charge in [-0.25, -0.2) is 0 Å². The molecule has 0 aliphatic carbocycles. The normalized spacial score (nSPS) is 14.1. The van der Waals surface area contributed by atoms with Crippen LogP contribution >= 0.6 is 0 Å². The number of carbonyl (C=O) groups excluding carboxylic acids is 1. The highest BCUT2D eigenvalue weighted by atomic mass is 16.2. The van der Waals surface area contributed by atoms with Crippen molar-refractivity contribution < 1.29 is 4.79 Å². The maximum absolute atomic E-state index is 12.5. The zero-order valence-electron chi connectivity index (χ0n) is 11.2. The zero-order valence-corrected chi connectivity index (χ0v) is 11.2. The van der Waals surface area contributed by atoms with Gasteiger partial charge in [0.25, 0.3) is 5.91 Å². The lowest BCUT2D eigenvalue weighted by atomic mass is 10.1. The maximum atomic E-state index is 12.5. The molecule has 0 spiro atoms. The highest BCUT2D eigenvalue weighted by molar-refractivity contribution is 6.07. The summed E-state index contributed by atoms with van der Waals surface area (Å²) >= 11 is 0. The minimum absolute atomic E-state index is 0.155. The van der Waals surface area contributed by atoms with E-state index in [1.54, 1.807) is 17.0 Å². The number of para-hydroxylation sites is 2. The Balaban J connectivity index is 1.97. The summed E-state index contributed by atoms with van der Waals surface area (Å²) in [5.74, 6) is 0.151. The fraction of sp³-hybridized carbons (Fsp3) is 0.214. The number of benzene rings is 1. The molecule has 1 aromatic carbocycles. The number of amides is 1. The molecular weight excluding hydrogens is 254 g/mol. The summed E-state index contributed by atoms with van der Waals surface area (Å²) < 4.78 is 0. The molecule has 1 aromatic heterocycles. The Morgan fingerprint density at radius 3 is 2.55 bits per heavy atom. The van der Waals surface area contributed by atoms with Crippen LogP contribution in [0.25, 0.3) is 0 Å². The lowest BCUT2D eigenvalue weighted by Gasteiger charge is -2.35. The van der Waals surface area contributed by atoms with Crippen molar-refractivity contribution in [2.75, 3.05) is 35.7 Å². The number of hydrogen-bond donors (Lipinski definition) is 1. The van der Waals surface area contributed by atoms with Gasteiger partial charge in [-0.15, -0.1) is 10.2 Å². The number of rotatable bonds is 1. The molecule has 0 fully saturated rings. The van der Waals surface area contributed by atoms with Crippen molar-refractivity contribution in [3.05, 3.63) is 42.1 Å². The smallest absolute Gasteiger partial charge is 0.278 e. The van der Waals surface area contributed by atoms with Crippen molar-refractivity contribution in [2.24, 2.45) is 0 Å². The molecule has 0 saturated heterocycles. The molecular formula is C14H15N5O. The molecule has 0 saturated carbocycles. The largest absolute Gasteiger partial charge is 0.382 e. The third-order valence-electron chi connectivity index (χ3n) is 3.39. The monoisotopic (exact) mass is 269 g/mol. The second-order valence-electron chi connectivity index (χ2n) is 4.71. The molecule has 1 aliphatic rings. The van der Waals surface area contributed by atoms with Crippen LogP contribution in [-0.4, -0.2) is 36.2 Å². The molecule has 0 unspecified atom stereocenters. The van der Waals surface area contributed by atoms with E-state index in [1.807, 2.05) is 31.3 Å². The van der Waals surface area contributed by atoms with Crippen LogP contribution in [0.3, 0.4) is 0 Å². The van der Waals surface area contributed by atoms with E-state index in [-0.39, 0.29) is 5.91 Å². The van der Waals surface area contributed by atoms with Crippen molar-refractivity contribution in [1.29, 1.82) is 0 Å². The summed E-state index contributed by atoms with van der Waals surface area (Å²) in [7, 11) is 2.02. The SMILES string of the molecule is CN1CCN(C(=O)c2ccc(N)nn2)c2ccccc21. The number of anilines is 3. The van der Waals surface area contributed by atoms with Gasteiger partial charge in [0.05, 0.1) is 11.4 Å². The lowest BCUT2D eigenvalue weighted by molar-refractivity contribution is 0.0981.